The van der Waals surface area contributed by atoms with Crippen LogP contribution in [0.25, 0.3) is 0 Å². The fraction of sp³-hybridized carbons (Fsp3) is 0.667. The number of hydrogen-bond acceptors (Lipinski definition) is 2. The van der Waals surface area contributed by atoms with E-state index in [1.165, 1.54) is 11.1 Å². The van der Waals surface area contributed by atoms with Gasteiger partial charge in [0.25, 0.3) is 0 Å². The summed E-state index contributed by atoms with van der Waals surface area (Å²) in [6, 6.07) is 8.69. The molecule has 2 heteroatoms. The van der Waals surface area contributed by atoms with Gasteiger partial charge in [-0.1, -0.05) is 52.0 Å². The Labute approximate surface area is 124 Å². The smallest absolute Gasteiger partial charge is 0.0720 e. The minimum absolute atomic E-state index is 0.331. The molecule has 0 aliphatic heterocycles. The second-order valence-corrected chi connectivity index (χ2v) is 6.60. The SMILES string of the molecule is CC(C)CNCc1cccc(COC(C)CC(C)C)c1. The van der Waals surface area contributed by atoms with Crippen LogP contribution in [0.3, 0.4) is 0 Å². The van der Waals surface area contributed by atoms with E-state index in [0.717, 1.165) is 19.5 Å². The summed E-state index contributed by atoms with van der Waals surface area (Å²) in [5, 5.41) is 3.48. The predicted molar refractivity (Wildman–Crippen MR) is 86.7 cm³/mol. The van der Waals surface area contributed by atoms with Gasteiger partial charge in [0, 0.05) is 6.54 Å². The van der Waals surface area contributed by atoms with Gasteiger partial charge in [0.05, 0.1) is 12.7 Å². The molecule has 0 spiro atoms. The van der Waals surface area contributed by atoms with E-state index in [0.29, 0.717) is 24.5 Å². The van der Waals surface area contributed by atoms with Crippen molar-refractivity contribution < 1.29 is 4.74 Å². The Morgan fingerprint density at radius 3 is 2.35 bits per heavy atom. The molecule has 0 amide bonds. The van der Waals surface area contributed by atoms with Crippen LogP contribution in [0, 0.1) is 11.8 Å². The van der Waals surface area contributed by atoms with Crippen molar-refractivity contribution in [3.63, 3.8) is 0 Å². The van der Waals surface area contributed by atoms with Crippen molar-refractivity contribution in [1.29, 1.82) is 0 Å². The van der Waals surface area contributed by atoms with E-state index in [9.17, 15) is 0 Å². The molecule has 1 N–H and O–H groups in total. The lowest BCUT2D eigenvalue weighted by Gasteiger charge is -2.15. The highest BCUT2D eigenvalue weighted by molar-refractivity contribution is 5.22. The van der Waals surface area contributed by atoms with Gasteiger partial charge in [-0.05, 0) is 42.9 Å². The van der Waals surface area contributed by atoms with Gasteiger partial charge in [0.2, 0.25) is 0 Å². The average molecular weight is 277 g/mol. The first-order chi connectivity index (χ1) is 9.47. The molecular weight excluding hydrogens is 246 g/mol. The van der Waals surface area contributed by atoms with Crippen LogP contribution in [0.15, 0.2) is 24.3 Å². The van der Waals surface area contributed by atoms with Gasteiger partial charge in [-0.3, -0.25) is 0 Å². The van der Waals surface area contributed by atoms with Gasteiger partial charge in [-0.15, -0.1) is 0 Å². The molecule has 0 saturated carbocycles. The molecular formula is C18H31NO. The summed E-state index contributed by atoms with van der Waals surface area (Å²) in [5.74, 6) is 1.38. The van der Waals surface area contributed by atoms with E-state index in [1.807, 2.05) is 0 Å². The van der Waals surface area contributed by atoms with Crippen LogP contribution in [-0.4, -0.2) is 12.6 Å². The molecule has 0 heterocycles. The molecule has 0 saturated heterocycles. The Balaban J connectivity index is 2.39. The zero-order chi connectivity index (χ0) is 15.0. The summed E-state index contributed by atoms with van der Waals surface area (Å²) < 4.78 is 5.92. The molecule has 2 nitrogen and oxygen atoms in total. The molecule has 114 valence electrons. The van der Waals surface area contributed by atoms with Gasteiger partial charge < -0.3 is 10.1 Å². The molecule has 0 fully saturated rings. The molecule has 0 aliphatic rings. The third-order valence-corrected chi connectivity index (χ3v) is 3.21. The van der Waals surface area contributed by atoms with Crippen molar-refractivity contribution in [3.8, 4) is 0 Å². The highest BCUT2D eigenvalue weighted by atomic mass is 16.5. The summed E-state index contributed by atoms with van der Waals surface area (Å²) in [7, 11) is 0. The Hall–Kier alpha value is -0.860. The lowest BCUT2D eigenvalue weighted by Crippen LogP contribution is -2.19. The van der Waals surface area contributed by atoms with E-state index in [4.69, 9.17) is 4.74 Å². The normalized spacial score (nSPS) is 13.2. The van der Waals surface area contributed by atoms with Gasteiger partial charge in [-0.2, -0.15) is 0 Å². The van der Waals surface area contributed by atoms with E-state index in [2.05, 4.69) is 64.2 Å². The molecule has 1 unspecified atom stereocenters. The number of benzene rings is 1. The number of nitrogens with one attached hydrogen (secondary N) is 1. The maximum Gasteiger partial charge on any atom is 0.0720 e. The van der Waals surface area contributed by atoms with Crippen molar-refractivity contribution in [1.82, 2.24) is 5.32 Å². The average Bonchev–Trinajstić information content (AvgIpc) is 2.36. The van der Waals surface area contributed by atoms with E-state index in [1.54, 1.807) is 0 Å². The van der Waals surface area contributed by atoms with Crippen molar-refractivity contribution >= 4 is 0 Å². The molecule has 20 heavy (non-hydrogen) atoms. The second kappa shape index (κ2) is 9.15. The van der Waals surface area contributed by atoms with Crippen LogP contribution < -0.4 is 5.32 Å². The Bertz CT molecular complexity index is 373. The van der Waals surface area contributed by atoms with Crippen LogP contribution in [-0.2, 0) is 17.9 Å². The first-order valence-electron chi connectivity index (χ1n) is 7.87. The molecule has 0 bridgehead atoms. The quantitative estimate of drug-likeness (QED) is 0.723. The fourth-order valence-electron chi connectivity index (χ4n) is 2.30. The highest BCUT2D eigenvalue weighted by Gasteiger charge is 2.05. The van der Waals surface area contributed by atoms with Crippen LogP contribution >= 0.6 is 0 Å². The maximum absolute atomic E-state index is 5.92. The summed E-state index contributed by atoms with van der Waals surface area (Å²) in [6.07, 6.45) is 1.45. The lowest BCUT2D eigenvalue weighted by atomic mass is 10.1. The number of ether oxygens (including phenoxy) is 1. The Morgan fingerprint density at radius 2 is 1.70 bits per heavy atom. The van der Waals surface area contributed by atoms with E-state index >= 15 is 0 Å². The molecule has 0 radical (unpaired) electrons. The largest absolute Gasteiger partial charge is 0.374 e. The fourth-order valence-corrected chi connectivity index (χ4v) is 2.30. The van der Waals surface area contributed by atoms with Gasteiger partial charge in [-0.25, -0.2) is 0 Å². The molecule has 1 atom stereocenters. The minimum Gasteiger partial charge on any atom is -0.374 e. The number of rotatable bonds is 9. The molecule has 0 aliphatic carbocycles. The zero-order valence-electron chi connectivity index (χ0n) is 13.8. The van der Waals surface area contributed by atoms with Crippen LogP contribution in [0.5, 0.6) is 0 Å². The topological polar surface area (TPSA) is 21.3 Å². The standard InChI is InChI=1S/C18H31NO/c1-14(2)9-16(5)20-13-18-8-6-7-17(10-18)12-19-11-15(3)4/h6-8,10,14-16,19H,9,11-13H2,1-5H3. The van der Waals surface area contributed by atoms with Crippen molar-refractivity contribution in [2.24, 2.45) is 11.8 Å². The van der Waals surface area contributed by atoms with Crippen LogP contribution in [0.1, 0.15) is 52.2 Å². The molecule has 0 aromatic heterocycles. The molecule has 1 aromatic carbocycles. The first-order valence-corrected chi connectivity index (χ1v) is 7.87. The molecule has 1 aromatic rings. The van der Waals surface area contributed by atoms with Gasteiger partial charge in [0.1, 0.15) is 0 Å². The number of hydrogen-bond donors (Lipinski definition) is 1. The predicted octanol–water partition coefficient (Wildman–Crippen LogP) is 4.38. The second-order valence-electron chi connectivity index (χ2n) is 6.60. The summed E-state index contributed by atoms with van der Waals surface area (Å²) in [6.45, 7) is 13.8. The molecule has 1 rings (SSSR count). The van der Waals surface area contributed by atoms with Crippen LogP contribution in [0.2, 0.25) is 0 Å². The van der Waals surface area contributed by atoms with Gasteiger partial charge in [0.15, 0.2) is 0 Å². The highest BCUT2D eigenvalue weighted by Crippen LogP contribution is 2.12. The Morgan fingerprint density at radius 1 is 1.00 bits per heavy atom. The monoisotopic (exact) mass is 277 g/mol. The Kier molecular flexibility index (Phi) is 7.86. The summed E-state index contributed by atoms with van der Waals surface area (Å²) >= 11 is 0. The summed E-state index contributed by atoms with van der Waals surface area (Å²) in [5.41, 5.74) is 2.60. The van der Waals surface area contributed by atoms with E-state index in [-0.39, 0.29) is 0 Å². The first kappa shape index (κ1) is 17.2. The van der Waals surface area contributed by atoms with Gasteiger partial charge >= 0.3 is 0 Å². The van der Waals surface area contributed by atoms with Crippen molar-refractivity contribution in [3.05, 3.63) is 35.4 Å². The van der Waals surface area contributed by atoms with Crippen molar-refractivity contribution in [2.75, 3.05) is 6.54 Å². The summed E-state index contributed by atoms with van der Waals surface area (Å²) in [4.78, 5) is 0. The third-order valence-electron chi connectivity index (χ3n) is 3.21. The minimum atomic E-state index is 0.331. The van der Waals surface area contributed by atoms with Crippen LogP contribution in [0.4, 0.5) is 0 Å². The van der Waals surface area contributed by atoms with Crippen molar-refractivity contribution in [2.45, 2.75) is 60.3 Å². The zero-order valence-corrected chi connectivity index (χ0v) is 13.8. The van der Waals surface area contributed by atoms with E-state index < -0.39 is 0 Å². The maximum atomic E-state index is 5.92. The third kappa shape index (κ3) is 7.66. The lowest BCUT2D eigenvalue weighted by molar-refractivity contribution is 0.0397.